The van der Waals surface area contributed by atoms with Crippen LogP contribution in [0.25, 0.3) is 0 Å². The van der Waals surface area contributed by atoms with Crippen molar-refractivity contribution in [1.29, 1.82) is 0 Å². The number of rotatable bonds is 18. The topological polar surface area (TPSA) is 166 Å². The van der Waals surface area contributed by atoms with Gasteiger partial charge in [-0.15, -0.1) is 0 Å². The SMILES string of the molecule is CC(C)C[C@H](O[C@@H](CC(C)C)C(=O)NCCNS(=O)(=O)N(C)C)C(=O)NCCNS(=O)(=O)N(C)C. The number of nitrogens with zero attached hydrogens (tertiary/aromatic N) is 2. The fourth-order valence-corrected chi connectivity index (χ4v) is 3.96. The Hall–Kier alpha value is -1.36. The molecule has 0 aromatic heterocycles. The van der Waals surface area contributed by atoms with E-state index in [0.29, 0.717) is 12.8 Å². The Morgan fingerprint density at radius 1 is 0.657 bits per heavy atom. The molecule has 4 N–H and O–H groups in total. The highest BCUT2D eigenvalue weighted by Crippen LogP contribution is 2.16. The third-order valence-corrected chi connectivity index (χ3v) is 7.72. The third kappa shape index (κ3) is 14.1. The minimum absolute atomic E-state index is 0.000578. The normalized spacial score (nSPS) is 14.5. The minimum atomic E-state index is -3.60. The maximum atomic E-state index is 12.8. The number of ether oxygens (including phenoxy) is 1. The molecule has 0 aliphatic carbocycles. The van der Waals surface area contributed by atoms with Gasteiger partial charge in [0.25, 0.3) is 20.4 Å². The summed E-state index contributed by atoms with van der Waals surface area (Å²) < 4.78 is 59.8. The molecule has 0 aromatic rings. The molecule has 13 nitrogen and oxygen atoms in total. The fraction of sp³-hybridized carbons (Fsp3) is 0.900. The van der Waals surface area contributed by atoms with E-state index >= 15 is 0 Å². The Bertz CT molecular complexity index is 791. The van der Waals surface area contributed by atoms with Crippen molar-refractivity contribution in [3.05, 3.63) is 0 Å². The molecule has 0 saturated carbocycles. The van der Waals surface area contributed by atoms with Crippen molar-refractivity contribution in [3.63, 3.8) is 0 Å². The van der Waals surface area contributed by atoms with Gasteiger partial charge in [-0.1, -0.05) is 27.7 Å². The zero-order chi connectivity index (χ0) is 27.4. The summed E-state index contributed by atoms with van der Waals surface area (Å²) in [6.07, 6.45) is -1.11. The largest absolute Gasteiger partial charge is 0.355 e. The number of amides is 2. The molecule has 0 aromatic carbocycles. The Balaban J connectivity index is 5.08. The average molecular weight is 545 g/mol. The van der Waals surface area contributed by atoms with Crippen LogP contribution in [0.4, 0.5) is 0 Å². The van der Waals surface area contributed by atoms with Crippen LogP contribution in [0, 0.1) is 11.8 Å². The van der Waals surface area contributed by atoms with E-state index < -0.39 is 44.4 Å². The molecule has 0 heterocycles. The molecular weight excluding hydrogens is 500 g/mol. The molecule has 0 aliphatic heterocycles. The van der Waals surface area contributed by atoms with Crippen molar-refractivity contribution < 1.29 is 31.2 Å². The van der Waals surface area contributed by atoms with Gasteiger partial charge in [-0.05, 0) is 24.7 Å². The van der Waals surface area contributed by atoms with Gasteiger partial charge in [-0.2, -0.15) is 25.4 Å². The van der Waals surface area contributed by atoms with Crippen molar-refractivity contribution in [1.82, 2.24) is 28.7 Å². The van der Waals surface area contributed by atoms with Crippen LogP contribution in [0.5, 0.6) is 0 Å². The molecule has 208 valence electrons. The number of carbonyl (C=O) groups excluding carboxylic acids is 2. The molecule has 2 atom stereocenters. The van der Waals surface area contributed by atoms with Crippen molar-refractivity contribution in [2.24, 2.45) is 11.8 Å². The summed E-state index contributed by atoms with van der Waals surface area (Å²) in [4.78, 5) is 25.6. The van der Waals surface area contributed by atoms with E-state index in [1.54, 1.807) is 0 Å². The molecule has 0 saturated heterocycles. The molecule has 0 aliphatic rings. The Labute approximate surface area is 211 Å². The highest BCUT2D eigenvalue weighted by atomic mass is 32.2. The van der Waals surface area contributed by atoms with Gasteiger partial charge in [0.2, 0.25) is 11.8 Å². The lowest BCUT2D eigenvalue weighted by Crippen LogP contribution is -2.47. The van der Waals surface area contributed by atoms with Gasteiger partial charge in [0.15, 0.2) is 0 Å². The second-order valence-electron chi connectivity index (χ2n) is 9.32. The van der Waals surface area contributed by atoms with Crippen LogP contribution in [-0.4, -0.2) is 104 Å². The Morgan fingerprint density at radius 2 is 0.971 bits per heavy atom. The summed E-state index contributed by atoms with van der Waals surface area (Å²) in [6, 6.07) is 0. The first kappa shape index (κ1) is 33.6. The lowest BCUT2D eigenvalue weighted by Gasteiger charge is -2.26. The molecule has 0 bridgehead atoms. The zero-order valence-electron chi connectivity index (χ0n) is 22.1. The summed E-state index contributed by atoms with van der Waals surface area (Å²) in [6.45, 7) is 7.78. The minimum Gasteiger partial charge on any atom is -0.355 e. The summed E-state index contributed by atoms with van der Waals surface area (Å²) in [5.41, 5.74) is 0. The quantitative estimate of drug-likeness (QED) is 0.158. The first-order valence-electron chi connectivity index (χ1n) is 11.5. The first-order valence-corrected chi connectivity index (χ1v) is 14.4. The molecule has 0 radical (unpaired) electrons. The number of hydrogen-bond acceptors (Lipinski definition) is 7. The highest BCUT2D eigenvalue weighted by molar-refractivity contribution is 7.87. The van der Waals surface area contributed by atoms with E-state index in [4.69, 9.17) is 4.74 Å². The van der Waals surface area contributed by atoms with E-state index in [0.717, 1.165) is 8.61 Å². The van der Waals surface area contributed by atoms with Crippen LogP contribution in [-0.2, 0) is 34.7 Å². The van der Waals surface area contributed by atoms with Crippen molar-refractivity contribution in [2.75, 3.05) is 54.4 Å². The van der Waals surface area contributed by atoms with E-state index in [1.807, 2.05) is 27.7 Å². The molecular formula is C20H44N6O7S2. The smallest absolute Gasteiger partial charge is 0.278 e. The lowest BCUT2D eigenvalue weighted by molar-refractivity contribution is -0.148. The van der Waals surface area contributed by atoms with Gasteiger partial charge in [0, 0.05) is 54.4 Å². The van der Waals surface area contributed by atoms with E-state index in [2.05, 4.69) is 20.1 Å². The molecule has 0 fully saturated rings. The molecule has 0 spiro atoms. The molecule has 2 amide bonds. The van der Waals surface area contributed by atoms with Gasteiger partial charge < -0.3 is 15.4 Å². The van der Waals surface area contributed by atoms with Crippen LogP contribution in [0.3, 0.4) is 0 Å². The van der Waals surface area contributed by atoms with Crippen LogP contribution >= 0.6 is 0 Å². The Morgan fingerprint density at radius 3 is 1.23 bits per heavy atom. The van der Waals surface area contributed by atoms with Crippen molar-refractivity contribution >= 4 is 32.2 Å². The predicted octanol–water partition coefficient (Wildman–Crippen LogP) is -1.14. The highest BCUT2D eigenvalue weighted by Gasteiger charge is 2.29. The third-order valence-electron chi connectivity index (χ3n) is 4.66. The summed E-state index contributed by atoms with van der Waals surface area (Å²) in [7, 11) is -1.63. The van der Waals surface area contributed by atoms with Crippen LogP contribution < -0.4 is 20.1 Å². The first-order chi connectivity index (χ1) is 16.0. The molecule has 0 rings (SSSR count). The van der Waals surface area contributed by atoms with Crippen LogP contribution in [0.15, 0.2) is 0 Å². The van der Waals surface area contributed by atoms with Gasteiger partial charge in [-0.3, -0.25) is 9.59 Å². The fourth-order valence-electron chi connectivity index (χ4n) is 2.72. The second-order valence-corrected chi connectivity index (χ2v) is 13.3. The summed E-state index contributed by atoms with van der Waals surface area (Å²) >= 11 is 0. The van der Waals surface area contributed by atoms with Crippen molar-refractivity contribution in [2.45, 2.75) is 52.7 Å². The molecule has 15 heteroatoms. The maximum Gasteiger partial charge on any atom is 0.278 e. The monoisotopic (exact) mass is 544 g/mol. The molecule has 0 unspecified atom stereocenters. The number of hydrogen-bond donors (Lipinski definition) is 4. The van der Waals surface area contributed by atoms with E-state index in [1.165, 1.54) is 28.2 Å². The summed E-state index contributed by atoms with van der Waals surface area (Å²) in [5, 5.41) is 5.31. The van der Waals surface area contributed by atoms with Crippen LogP contribution in [0.1, 0.15) is 40.5 Å². The number of nitrogens with one attached hydrogen (secondary N) is 4. The van der Waals surface area contributed by atoms with E-state index in [9.17, 15) is 26.4 Å². The Kier molecular flexibility index (Phi) is 15.1. The van der Waals surface area contributed by atoms with Gasteiger partial charge in [0.05, 0.1) is 0 Å². The predicted molar refractivity (Wildman–Crippen MR) is 135 cm³/mol. The summed E-state index contributed by atoms with van der Waals surface area (Å²) in [5.74, 6) is -0.687. The zero-order valence-corrected chi connectivity index (χ0v) is 23.8. The average Bonchev–Trinajstić information content (AvgIpc) is 2.72. The van der Waals surface area contributed by atoms with E-state index in [-0.39, 0.29) is 38.0 Å². The lowest BCUT2D eigenvalue weighted by atomic mass is 10.0. The van der Waals surface area contributed by atoms with Gasteiger partial charge in [0.1, 0.15) is 12.2 Å². The maximum absolute atomic E-state index is 12.8. The number of carbonyl (C=O) groups is 2. The van der Waals surface area contributed by atoms with Crippen LogP contribution in [0.2, 0.25) is 0 Å². The van der Waals surface area contributed by atoms with Gasteiger partial charge >= 0.3 is 0 Å². The second kappa shape index (κ2) is 15.7. The standard InChI is InChI=1S/C20H44N6O7S2/c1-15(2)13-17(19(27)21-9-11-23-34(29,30)25(5)6)33-18(14-16(3)4)20(28)22-10-12-24-35(31,32)26(7)8/h15-18,23-24H,9-14H2,1-8H3,(H,21,27)(H,22,28)/t17-,18-/m0/s1. The van der Waals surface area contributed by atoms with Crippen molar-refractivity contribution in [3.8, 4) is 0 Å². The molecule has 35 heavy (non-hydrogen) atoms. The van der Waals surface area contributed by atoms with Gasteiger partial charge in [-0.25, -0.2) is 9.44 Å².